The van der Waals surface area contributed by atoms with Gasteiger partial charge in [-0.2, -0.15) is 10.1 Å². The van der Waals surface area contributed by atoms with Crippen molar-refractivity contribution in [2.75, 3.05) is 5.43 Å². The van der Waals surface area contributed by atoms with Crippen LogP contribution in [0.15, 0.2) is 74.7 Å². The van der Waals surface area contributed by atoms with Crippen LogP contribution in [0.3, 0.4) is 0 Å². The van der Waals surface area contributed by atoms with E-state index in [4.69, 9.17) is 4.42 Å². The van der Waals surface area contributed by atoms with E-state index in [9.17, 15) is 0 Å². The Morgan fingerprint density at radius 3 is 2.75 bits per heavy atom. The first kappa shape index (κ1) is 16.6. The van der Waals surface area contributed by atoms with Gasteiger partial charge in [0, 0.05) is 20.9 Å². The van der Waals surface area contributed by atoms with Crippen LogP contribution < -0.4 is 5.43 Å². The molecule has 0 fully saturated rings. The number of hydrogen-bond donors (Lipinski definition) is 2. The zero-order valence-corrected chi connectivity index (χ0v) is 16.0. The lowest BCUT2D eigenvalue weighted by Gasteiger charge is -1.97. The van der Waals surface area contributed by atoms with Crippen molar-refractivity contribution in [1.82, 2.24) is 20.2 Å². The van der Waals surface area contributed by atoms with Crippen LogP contribution >= 0.6 is 15.9 Å². The predicted octanol–water partition coefficient (Wildman–Crippen LogP) is 4.97. The van der Waals surface area contributed by atoms with Gasteiger partial charge < -0.3 is 9.40 Å². The van der Waals surface area contributed by atoms with Crippen LogP contribution in [-0.2, 0) is 0 Å². The van der Waals surface area contributed by atoms with Crippen molar-refractivity contribution >= 4 is 50.2 Å². The number of hydrazone groups is 1. The summed E-state index contributed by atoms with van der Waals surface area (Å²) in [5.41, 5.74) is 6.13. The number of nitrogens with one attached hydrogen (secondary N) is 2. The second-order valence-corrected chi connectivity index (χ2v) is 7.00. The number of hydrogen-bond acceptors (Lipinski definition) is 6. The van der Waals surface area contributed by atoms with Gasteiger partial charge in [0.15, 0.2) is 5.65 Å². The number of rotatable bonds is 4. The van der Waals surface area contributed by atoms with E-state index in [1.807, 2.05) is 60.7 Å². The fourth-order valence-corrected chi connectivity index (χ4v) is 3.18. The highest BCUT2D eigenvalue weighted by atomic mass is 79.9. The van der Waals surface area contributed by atoms with Crippen LogP contribution in [0, 0.1) is 0 Å². The van der Waals surface area contributed by atoms with E-state index in [0.29, 0.717) is 17.4 Å². The number of halogens is 1. The van der Waals surface area contributed by atoms with Crippen molar-refractivity contribution in [2.45, 2.75) is 0 Å². The molecule has 2 N–H and O–H groups in total. The maximum atomic E-state index is 5.79. The Labute approximate surface area is 167 Å². The summed E-state index contributed by atoms with van der Waals surface area (Å²) < 4.78 is 6.81. The smallest absolute Gasteiger partial charge is 0.265 e. The van der Waals surface area contributed by atoms with E-state index >= 15 is 0 Å². The molecule has 0 amide bonds. The highest BCUT2D eigenvalue weighted by molar-refractivity contribution is 9.10. The molecular weight excluding hydrogens is 420 g/mol. The van der Waals surface area contributed by atoms with E-state index < -0.39 is 0 Å². The van der Waals surface area contributed by atoms with Crippen molar-refractivity contribution in [1.29, 1.82) is 0 Å². The van der Waals surface area contributed by atoms with E-state index in [-0.39, 0.29) is 0 Å². The van der Waals surface area contributed by atoms with Crippen LogP contribution in [0.1, 0.15) is 5.76 Å². The molecule has 0 aliphatic rings. The third-order valence-corrected chi connectivity index (χ3v) is 4.76. The predicted molar refractivity (Wildman–Crippen MR) is 112 cm³/mol. The molecule has 2 aromatic carbocycles. The quantitative estimate of drug-likeness (QED) is 0.308. The summed E-state index contributed by atoms with van der Waals surface area (Å²) in [6.07, 6.45) is 1.57. The van der Waals surface area contributed by atoms with Gasteiger partial charge in [0.2, 0.25) is 0 Å². The number of aromatic nitrogens is 4. The van der Waals surface area contributed by atoms with Crippen LogP contribution in [0.5, 0.6) is 0 Å². The van der Waals surface area contributed by atoms with Crippen LogP contribution in [0.25, 0.3) is 33.4 Å². The molecule has 0 spiro atoms. The number of furan rings is 1. The lowest BCUT2D eigenvalue weighted by molar-refractivity contribution is 0.575. The standard InChI is InChI=1S/C20H13BrN6O/c21-13-7-5-12(6-8-13)17-10-9-14(28-17)11-22-26-20-24-19-18(25-27-20)15-3-1-2-4-16(15)23-19/h1-11H,(H2,23,24,26,27)/b22-11+. The largest absolute Gasteiger partial charge is 0.455 e. The maximum Gasteiger partial charge on any atom is 0.265 e. The second kappa shape index (κ2) is 6.90. The fourth-order valence-electron chi connectivity index (χ4n) is 2.91. The summed E-state index contributed by atoms with van der Waals surface area (Å²) in [6, 6.07) is 19.5. The Bertz CT molecular complexity index is 1310. The van der Waals surface area contributed by atoms with E-state index in [2.05, 4.69) is 46.6 Å². The minimum atomic E-state index is 0.301. The van der Waals surface area contributed by atoms with Crippen molar-refractivity contribution < 1.29 is 4.42 Å². The normalized spacial score (nSPS) is 11.6. The fraction of sp³-hybridized carbons (Fsp3) is 0. The third-order valence-electron chi connectivity index (χ3n) is 4.23. The summed E-state index contributed by atoms with van der Waals surface area (Å²) in [5.74, 6) is 1.69. The van der Waals surface area contributed by atoms with Crippen molar-refractivity contribution in [3.05, 3.63) is 70.9 Å². The molecule has 0 atom stereocenters. The van der Waals surface area contributed by atoms with Gasteiger partial charge in [-0.05, 0) is 30.3 Å². The zero-order valence-electron chi connectivity index (χ0n) is 14.4. The maximum absolute atomic E-state index is 5.79. The molecule has 0 unspecified atom stereocenters. The molecule has 28 heavy (non-hydrogen) atoms. The van der Waals surface area contributed by atoms with E-state index in [0.717, 1.165) is 32.2 Å². The topological polar surface area (TPSA) is 92.0 Å². The number of para-hydroxylation sites is 1. The van der Waals surface area contributed by atoms with Gasteiger partial charge in [-0.1, -0.05) is 46.3 Å². The molecule has 0 aliphatic carbocycles. The van der Waals surface area contributed by atoms with Crippen molar-refractivity contribution in [3.63, 3.8) is 0 Å². The number of anilines is 1. The monoisotopic (exact) mass is 432 g/mol. The Hall–Kier alpha value is -3.52. The average Bonchev–Trinajstić information content (AvgIpc) is 3.33. The molecule has 7 nitrogen and oxygen atoms in total. The van der Waals surface area contributed by atoms with E-state index in [1.54, 1.807) is 6.21 Å². The lowest BCUT2D eigenvalue weighted by atomic mass is 10.2. The molecule has 3 heterocycles. The van der Waals surface area contributed by atoms with Crippen molar-refractivity contribution in [3.8, 4) is 11.3 Å². The van der Waals surface area contributed by atoms with Gasteiger partial charge in [0.05, 0.1) is 6.21 Å². The SMILES string of the molecule is Brc1ccc(-c2ccc(/C=N/Nc3nnc4c(n3)[nH]c3ccccc34)o2)cc1. The number of aromatic amines is 1. The first-order valence-electron chi connectivity index (χ1n) is 8.52. The van der Waals surface area contributed by atoms with Gasteiger partial charge in [0.1, 0.15) is 17.0 Å². The lowest BCUT2D eigenvalue weighted by Crippen LogP contribution is -1.98. The molecule has 5 rings (SSSR count). The van der Waals surface area contributed by atoms with Crippen molar-refractivity contribution in [2.24, 2.45) is 5.10 Å². The molecule has 0 bridgehead atoms. The van der Waals surface area contributed by atoms with Crippen LogP contribution in [-0.4, -0.2) is 26.4 Å². The van der Waals surface area contributed by atoms with Gasteiger partial charge >= 0.3 is 0 Å². The molecule has 5 aromatic rings. The Morgan fingerprint density at radius 1 is 1.00 bits per heavy atom. The third kappa shape index (κ3) is 3.14. The number of fused-ring (bicyclic) bond motifs is 3. The summed E-state index contributed by atoms with van der Waals surface area (Å²) in [6.45, 7) is 0. The Morgan fingerprint density at radius 2 is 1.86 bits per heavy atom. The minimum absolute atomic E-state index is 0.301. The number of H-pyrrole nitrogens is 1. The van der Waals surface area contributed by atoms with Gasteiger partial charge in [-0.25, -0.2) is 5.43 Å². The Balaban J connectivity index is 1.34. The average molecular weight is 433 g/mol. The molecular formula is C20H13BrN6O. The highest BCUT2D eigenvalue weighted by Gasteiger charge is 2.08. The molecule has 136 valence electrons. The molecule has 0 aliphatic heterocycles. The summed E-state index contributed by atoms with van der Waals surface area (Å²) in [4.78, 5) is 7.64. The highest BCUT2D eigenvalue weighted by Crippen LogP contribution is 2.24. The number of nitrogens with zero attached hydrogens (tertiary/aromatic N) is 4. The summed E-state index contributed by atoms with van der Waals surface area (Å²) in [5, 5.41) is 13.4. The summed E-state index contributed by atoms with van der Waals surface area (Å²) >= 11 is 3.43. The Kier molecular flexibility index (Phi) is 4.10. The second-order valence-electron chi connectivity index (χ2n) is 6.08. The zero-order chi connectivity index (χ0) is 18.9. The van der Waals surface area contributed by atoms with Gasteiger partial charge in [-0.3, -0.25) is 0 Å². The molecule has 3 aromatic heterocycles. The summed E-state index contributed by atoms with van der Waals surface area (Å²) in [7, 11) is 0. The number of benzene rings is 2. The first-order valence-corrected chi connectivity index (χ1v) is 9.31. The van der Waals surface area contributed by atoms with E-state index in [1.165, 1.54) is 0 Å². The molecule has 0 saturated heterocycles. The van der Waals surface area contributed by atoms with Crippen LogP contribution in [0.2, 0.25) is 0 Å². The first-order chi connectivity index (χ1) is 13.8. The molecule has 0 radical (unpaired) electrons. The minimum Gasteiger partial charge on any atom is -0.455 e. The van der Waals surface area contributed by atoms with Gasteiger partial charge in [0.25, 0.3) is 5.95 Å². The van der Waals surface area contributed by atoms with Crippen LogP contribution in [0.4, 0.5) is 5.95 Å². The molecule has 8 heteroatoms. The van der Waals surface area contributed by atoms with Gasteiger partial charge in [-0.15, -0.1) is 10.2 Å². The molecule has 0 saturated carbocycles.